The zero-order valence-electron chi connectivity index (χ0n) is 9.22. The number of hydrogen-bond acceptors (Lipinski definition) is 3. The maximum absolute atomic E-state index is 11.4. The van der Waals surface area contributed by atoms with Crippen LogP contribution in [0.2, 0.25) is 0 Å². The van der Waals surface area contributed by atoms with Crippen molar-refractivity contribution in [2.24, 2.45) is 11.3 Å². The summed E-state index contributed by atoms with van der Waals surface area (Å²) in [6.45, 7) is 6.58. The molecule has 0 bridgehead atoms. The Balaban J connectivity index is 4.49. The van der Waals surface area contributed by atoms with Gasteiger partial charge in [-0.3, -0.25) is 4.79 Å². The lowest BCUT2D eigenvalue weighted by atomic mass is 9.77. The van der Waals surface area contributed by atoms with Gasteiger partial charge >= 0.3 is 5.97 Å². The smallest absolute Gasteiger partial charge is 0.311 e. The van der Waals surface area contributed by atoms with Gasteiger partial charge in [0, 0.05) is 7.11 Å². The minimum atomic E-state index is -0.186. The van der Waals surface area contributed by atoms with Crippen LogP contribution in [0.4, 0.5) is 0 Å². The third kappa shape index (κ3) is 3.35. The number of rotatable bonds is 5. The third-order valence-corrected chi connectivity index (χ3v) is 2.67. The quantitative estimate of drug-likeness (QED) is 0.618. The standard InChI is InChI=1S/C10H20O3/c1-6-10(2,3)8(7-12-4)9(11)13-5/h8H,6-7H2,1-5H3. The molecule has 3 heteroatoms. The van der Waals surface area contributed by atoms with Crippen molar-refractivity contribution in [1.29, 1.82) is 0 Å². The van der Waals surface area contributed by atoms with Gasteiger partial charge in [-0.15, -0.1) is 0 Å². The second-order valence-electron chi connectivity index (χ2n) is 3.87. The van der Waals surface area contributed by atoms with E-state index in [-0.39, 0.29) is 17.3 Å². The molecule has 0 rings (SSSR count). The number of carbonyl (C=O) groups excluding carboxylic acids is 1. The molecule has 0 spiro atoms. The Morgan fingerprint density at radius 3 is 2.23 bits per heavy atom. The minimum Gasteiger partial charge on any atom is -0.469 e. The van der Waals surface area contributed by atoms with Crippen molar-refractivity contribution in [2.75, 3.05) is 20.8 Å². The molecule has 0 aromatic carbocycles. The summed E-state index contributed by atoms with van der Waals surface area (Å²) in [6.07, 6.45) is 0.927. The predicted octanol–water partition coefficient (Wildman–Crippen LogP) is 1.86. The van der Waals surface area contributed by atoms with E-state index < -0.39 is 0 Å². The first kappa shape index (κ1) is 12.4. The van der Waals surface area contributed by atoms with E-state index in [1.807, 2.05) is 13.8 Å². The Morgan fingerprint density at radius 2 is 1.92 bits per heavy atom. The Morgan fingerprint density at radius 1 is 1.38 bits per heavy atom. The molecule has 0 aliphatic heterocycles. The fourth-order valence-electron chi connectivity index (χ4n) is 1.17. The summed E-state index contributed by atoms with van der Waals surface area (Å²) in [5.41, 5.74) is -0.0664. The van der Waals surface area contributed by atoms with E-state index in [1.165, 1.54) is 7.11 Å². The van der Waals surface area contributed by atoms with E-state index in [0.29, 0.717) is 6.61 Å². The van der Waals surface area contributed by atoms with Crippen molar-refractivity contribution in [2.45, 2.75) is 27.2 Å². The SMILES string of the molecule is CCC(C)(C)C(COC)C(=O)OC. The number of hydrogen-bond donors (Lipinski definition) is 0. The topological polar surface area (TPSA) is 35.5 Å². The van der Waals surface area contributed by atoms with E-state index in [0.717, 1.165) is 6.42 Å². The molecule has 78 valence electrons. The lowest BCUT2D eigenvalue weighted by molar-refractivity contribution is -0.152. The van der Waals surface area contributed by atoms with Crippen molar-refractivity contribution >= 4 is 5.97 Å². The fraction of sp³-hybridized carbons (Fsp3) is 0.900. The van der Waals surface area contributed by atoms with Crippen LogP contribution in [0.25, 0.3) is 0 Å². The van der Waals surface area contributed by atoms with Gasteiger partial charge in [-0.2, -0.15) is 0 Å². The van der Waals surface area contributed by atoms with Crippen LogP contribution < -0.4 is 0 Å². The summed E-state index contributed by atoms with van der Waals surface area (Å²) in [4.78, 5) is 11.4. The molecule has 0 saturated carbocycles. The number of esters is 1. The Labute approximate surface area is 80.4 Å². The van der Waals surface area contributed by atoms with E-state index in [4.69, 9.17) is 9.47 Å². The Hall–Kier alpha value is -0.570. The lowest BCUT2D eigenvalue weighted by Crippen LogP contribution is -2.34. The number of carbonyl (C=O) groups is 1. The summed E-state index contributed by atoms with van der Waals surface area (Å²) in [5, 5.41) is 0. The largest absolute Gasteiger partial charge is 0.469 e. The average Bonchev–Trinajstić information content (AvgIpc) is 2.12. The minimum absolute atomic E-state index is 0.0664. The number of ether oxygens (including phenoxy) is 2. The lowest BCUT2D eigenvalue weighted by Gasteiger charge is -2.30. The summed E-state index contributed by atoms with van der Waals surface area (Å²) >= 11 is 0. The molecule has 0 amide bonds. The molecule has 0 N–H and O–H groups in total. The molecule has 3 nitrogen and oxygen atoms in total. The van der Waals surface area contributed by atoms with Crippen molar-refractivity contribution < 1.29 is 14.3 Å². The van der Waals surface area contributed by atoms with Gasteiger partial charge in [0.05, 0.1) is 19.6 Å². The zero-order chi connectivity index (χ0) is 10.5. The highest BCUT2D eigenvalue weighted by atomic mass is 16.5. The van der Waals surface area contributed by atoms with Gasteiger partial charge < -0.3 is 9.47 Å². The highest BCUT2D eigenvalue weighted by Crippen LogP contribution is 2.31. The van der Waals surface area contributed by atoms with Crippen LogP contribution in [0, 0.1) is 11.3 Å². The van der Waals surface area contributed by atoms with E-state index in [9.17, 15) is 4.79 Å². The molecular weight excluding hydrogens is 168 g/mol. The van der Waals surface area contributed by atoms with Crippen LogP contribution in [0.3, 0.4) is 0 Å². The first-order chi connectivity index (χ1) is 5.99. The van der Waals surface area contributed by atoms with Crippen molar-refractivity contribution in [1.82, 2.24) is 0 Å². The molecule has 1 atom stereocenters. The fourth-order valence-corrected chi connectivity index (χ4v) is 1.17. The van der Waals surface area contributed by atoms with Crippen molar-refractivity contribution in [3.8, 4) is 0 Å². The zero-order valence-corrected chi connectivity index (χ0v) is 9.22. The molecular formula is C10H20O3. The number of methoxy groups -OCH3 is 2. The monoisotopic (exact) mass is 188 g/mol. The van der Waals surface area contributed by atoms with Crippen LogP contribution in [-0.2, 0) is 14.3 Å². The highest BCUT2D eigenvalue weighted by molar-refractivity contribution is 5.73. The van der Waals surface area contributed by atoms with Gasteiger partial charge in [-0.25, -0.2) is 0 Å². The molecule has 0 aromatic rings. The van der Waals surface area contributed by atoms with E-state index >= 15 is 0 Å². The normalized spacial score (nSPS) is 13.9. The maximum atomic E-state index is 11.4. The van der Waals surface area contributed by atoms with Gasteiger partial charge in [0.25, 0.3) is 0 Å². The van der Waals surface area contributed by atoms with Crippen LogP contribution in [-0.4, -0.2) is 26.8 Å². The molecule has 0 aromatic heterocycles. The van der Waals surface area contributed by atoms with Crippen molar-refractivity contribution in [3.63, 3.8) is 0 Å². The van der Waals surface area contributed by atoms with Crippen LogP contribution in [0.5, 0.6) is 0 Å². The van der Waals surface area contributed by atoms with Gasteiger partial charge in [-0.1, -0.05) is 27.2 Å². The summed E-state index contributed by atoms with van der Waals surface area (Å²) in [7, 11) is 3.01. The van der Waals surface area contributed by atoms with Gasteiger partial charge in [0.15, 0.2) is 0 Å². The van der Waals surface area contributed by atoms with Gasteiger partial charge in [-0.05, 0) is 5.41 Å². The second kappa shape index (κ2) is 5.22. The first-order valence-electron chi connectivity index (χ1n) is 4.56. The average molecular weight is 188 g/mol. The van der Waals surface area contributed by atoms with E-state index in [2.05, 4.69) is 6.92 Å². The van der Waals surface area contributed by atoms with E-state index in [1.54, 1.807) is 7.11 Å². The Bertz CT molecular complexity index is 164. The van der Waals surface area contributed by atoms with Crippen LogP contribution in [0.1, 0.15) is 27.2 Å². The second-order valence-corrected chi connectivity index (χ2v) is 3.87. The molecule has 0 aliphatic rings. The molecule has 0 radical (unpaired) electrons. The molecule has 0 fully saturated rings. The summed E-state index contributed by atoms with van der Waals surface area (Å²) in [6, 6.07) is 0. The third-order valence-electron chi connectivity index (χ3n) is 2.67. The van der Waals surface area contributed by atoms with Crippen molar-refractivity contribution in [3.05, 3.63) is 0 Å². The molecule has 0 heterocycles. The van der Waals surface area contributed by atoms with Gasteiger partial charge in [0.1, 0.15) is 0 Å². The molecule has 13 heavy (non-hydrogen) atoms. The molecule has 0 saturated heterocycles. The summed E-state index contributed by atoms with van der Waals surface area (Å²) in [5.74, 6) is -0.360. The van der Waals surface area contributed by atoms with Crippen LogP contribution >= 0.6 is 0 Å². The van der Waals surface area contributed by atoms with Crippen LogP contribution in [0.15, 0.2) is 0 Å². The highest BCUT2D eigenvalue weighted by Gasteiger charge is 2.34. The Kier molecular flexibility index (Phi) is 4.99. The molecule has 0 aliphatic carbocycles. The summed E-state index contributed by atoms with van der Waals surface area (Å²) < 4.78 is 9.75. The first-order valence-corrected chi connectivity index (χ1v) is 4.56. The predicted molar refractivity (Wildman–Crippen MR) is 51.5 cm³/mol. The van der Waals surface area contributed by atoms with Gasteiger partial charge in [0.2, 0.25) is 0 Å². The molecule has 1 unspecified atom stereocenters. The maximum Gasteiger partial charge on any atom is 0.311 e.